The van der Waals surface area contributed by atoms with Crippen LogP contribution in [0.5, 0.6) is 17.2 Å². The van der Waals surface area contributed by atoms with Gasteiger partial charge in [-0.25, -0.2) is 4.98 Å². The molecule has 1 aromatic heterocycles. The van der Waals surface area contributed by atoms with E-state index in [1.807, 2.05) is 0 Å². The third kappa shape index (κ3) is 1.32. The average Bonchev–Trinajstić information content (AvgIpc) is 2.78. The Bertz CT molecular complexity index is 1050. The number of rotatable bonds is 0. The number of fused-ring (bicyclic) bond motifs is 4. The molecular weight excluding hydrogens is 288 g/mol. The number of phenols is 3. The smallest absolute Gasteiger partial charge is 0.266 e. The van der Waals surface area contributed by atoms with E-state index in [1.54, 1.807) is 24.3 Å². The van der Waals surface area contributed by atoms with Crippen LogP contribution in [-0.2, 0) is 0 Å². The summed E-state index contributed by atoms with van der Waals surface area (Å²) >= 11 is 0. The number of para-hydroxylation sites is 1. The van der Waals surface area contributed by atoms with Crippen LogP contribution >= 0.6 is 0 Å². The van der Waals surface area contributed by atoms with Gasteiger partial charge in [-0.05, 0) is 12.1 Å². The van der Waals surface area contributed by atoms with E-state index in [2.05, 4.69) is 4.98 Å². The molecule has 3 aromatic rings. The molecule has 0 amide bonds. The molecule has 0 aliphatic carbocycles. The Labute approximate surface area is 122 Å². The monoisotopic (exact) mass is 296 g/mol. The third-order valence-electron chi connectivity index (χ3n) is 3.68. The van der Waals surface area contributed by atoms with E-state index in [4.69, 9.17) is 0 Å². The average molecular weight is 296 g/mol. The summed E-state index contributed by atoms with van der Waals surface area (Å²) in [5.41, 5.74) is -0.392. The number of hydrogen-bond donors (Lipinski definition) is 3. The minimum absolute atomic E-state index is 0.00365. The van der Waals surface area contributed by atoms with E-state index in [-0.39, 0.29) is 17.1 Å². The zero-order valence-electron chi connectivity index (χ0n) is 10.9. The Balaban J connectivity index is 2.22. The molecule has 3 N–H and O–H groups in total. The molecule has 0 saturated heterocycles. The Morgan fingerprint density at radius 2 is 1.73 bits per heavy atom. The van der Waals surface area contributed by atoms with E-state index in [1.165, 1.54) is 0 Å². The minimum atomic E-state index is -0.808. The fourth-order valence-electron chi connectivity index (χ4n) is 2.65. The number of hydrogen-bond acceptors (Lipinski definition) is 6. The Hall–Kier alpha value is -3.35. The van der Waals surface area contributed by atoms with Crippen molar-refractivity contribution in [1.82, 2.24) is 9.55 Å². The normalized spacial score (nSPS) is 12.5. The van der Waals surface area contributed by atoms with Crippen molar-refractivity contribution in [2.45, 2.75) is 0 Å². The maximum absolute atomic E-state index is 12.6. The maximum atomic E-state index is 12.6. The molecule has 0 atom stereocenters. The van der Waals surface area contributed by atoms with E-state index in [0.717, 1.165) is 10.6 Å². The highest BCUT2D eigenvalue weighted by molar-refractivity contribution is 6.15. The SMILES string of the molecule is O=C1c2c(cc(O)c(O)c2O)-n2c1nc1ccccc1c2=O. The molecule has 7 nitrogen and oxygen atoms in total. The Morgan fingerprint density at radius 3 is 2.50 bits per heavy atom. The first-order valence-electron chi connectivity index (χ1n) is 6.35. The van der Waals surface area contributed by atoms with Crippen molar-refractivity contribution in [3.8, 4) is 22.9 Å². The van der Waals surface area contributed by atoms with Gasteiger partial charge in [0.2, 0.25) is 11.5 Å². The highest BCUT2D eigenvalue weighted by Crippen LogP contribution is 2.44. The van der Waals surface area contributed by atoms with E-state index in [0.29, 0.717) is 10.9 Å². The molecule has 4 rings (SSSR count). The molecule has 0 saturated carbocycles. The molecule has 0 unspecified atom stereocenters. The molecule has 22 heavy (non-hydrogen) atoms. The molecule has 1 aliphatic rings. The van der Waals surface area contributed by atoms with Crippen molar-refractivity contribution >= 4 is 16.7 Å². The van der Waals surface area contributed by atoms with Gasteiger partial charge in [0.1, 0.15) is 0 Å². The van der Waals surface area contributed by atoms with Crippen LogP contribution in [0, 0.1) is 0 Å². The van der Waals surface area contributed by atoms with Crippen LogP contribution in [0.2, 0.25) is 0 Å². The van der Waals surface area contributed by atoms with Crippen LogP contribution in [0.4, 0.5) is 0 Å². The first-order chi connectivity index (χ1) is 10.5. The number of ketones is 1. The van der Waals surface area contributed by atoms with Crippen LogP contribution in [-0.4, -0.2) is 30.7 Å². The lowest BCUT2D eigenvalue weighted by molar-refractivity contribution is 0.103. The largest absolute Gasteiger partial charge is 0.504 e. The number of aromatic nitrogens is 2. The topological polar surface area (TPSA) is 113 Å². The summed E-state index contributed by atoms with van der Waals surface area (Å²) in [7, 11) is 0. The summed E-state index contributed by atoms with van der Waals surface area (Å²) in [6, 6.07) is 7.58. The van der Waals surface area contributed by atoms with Crippen LogP contribution in [0.15, 0.2) is 35.1 Å². The molecule has 1 aliphatic heterocycles. The van der Waals surface area contributed by atoms with Gasteiger partial charge in [-0.2, -0.15) is 0 Å². The number of carbonyl (C=O) groups excluding carboxylic acids is 1. The van der Waals surface area contributed by atoms with Gasteiger partial charge in [0.25, 0.3) is 5.56 Å². The molecule has 2 heterocycles. The number of nitrogens with zero attached hydrogens (tertiary/aromatic N) is 2. The minimum Gasteiger partial charge on any atom is -0.504 e. The summed E-state index contributed by atoms with van der Waals surface area (Å²) in [6.07, 6.45) is 0. The second-order valence-electron chi connectivity index (χ2n) is 4.91. The van der Waals surface area contributed by atoms with E-state index < -0.39 is 28.6 Å². The standard InChI is InChI=1S/C15H8N2O5/c18-9-5-8-10(12(20)11(9)19)13(21)14-16-7-4-2-1-3-6(7)15(22)17(8)14/h1-5,18-20H. The van der Waals surface area contributed by atoms with Crippen molar-refractivity contribution < 1.29 is 20.1 Å². The summed E-state index contributed by atoms with van der Waals surface area (Å²) in [5.74, 6) is -3.06. The number of phenolic OH excluding ortho intramolecular Hbond substituents is 3. The van der Waals surface area contributed by atoms with Gasteiger partial charge < -0.3 is 15.3 Å². The van der Waals surface area contributed by atoms with E-state index >= 15 is 0 Å². The van der Waals surface area contributed by atoms with Gasteiger partial charge >= 0.3 is 0 Å². The van der Waals surface area contributed by atoms with Crippen LogP contribution in [0.3, 0.4) is 0 Å². The maximum Gasteiger partial charge on any atom is 0.266 e. The van der Waals surface area contributed by atoms with Crippen LogP contribution < -0.4 is 5.56 Å². The summed E-state index contributed by atoms with van der Waals surface area (Å²) in [4.78, 5) is 29.1. The molecule has 0 fully saturated rings. The fourth-order valence-corrected chi connectivity index (χ4v) is 2.65. The number of aromatic hydroxyl groups is 3. The molecule has 108 valence electrons. The summed E-state index contributed by atoms with van der Waals surface area (Å²) in [6.45, 7) is 0. The van der Waals surface area contributed by atoms with E-state index in [9.17, 15) is 24.9 Å². The highest BCUT2D eigenvalue weighted by atomic mass is 16.3. The lowest BCUT2D eigenvalue weighted by atomic mass is 10.1. The van der Waals surface area contributed by atoms with Gasteiger partial charge in [0.05, 0.1) is 22.2 Å². The van der Waals surface area contributed by atoms with Crippen molar-refractivity contribution in [3.05, 3.63) is 52.1 Å². The second kappa shape index (κ2) is 3.85. The summed E-state index contributed by atoms with van der Waals surface area (Å²) < 4.78 is 1.03. The van der Waals surface area contributed by atoms with Gasteiger partial charge in [-0.15, -0.1) is 0 Å². The quantitative estimate of drug-likeness (QED) is 0.418. The Kier molecular flexibility index (Phi) is 2.17. The highest BCUT2D eigenvalue weighted by Gasteiger charge is 2.35. The first-order valence-corrected chi connectivity index (χ1v) is 6.35. The number of benzene rings is 2. The first kappa shape index (κ1) is 12.4. The van der Waals surface area contributed by atoms with Gasteiger partial charge in [-0.3, -0.25) is 14.2 Å². The van der Waals surface area contributed by atoms with Gasteiger partial charge in [0.15, 0.2) is 17.3 Å². The zero-order chi connectivity index (χ0) is 15.6. The molecule has 0 spiro atoms. The second-order valence-corrected chi connectivity index (χ2v) is 4.91. The van der Waals surface area contributed by atoms with Crippen molar-refractivity contribution in [2.75, 3.05) is 0 Å². The summed E-state index contributed by atoms with van der Waals surface area (Å²) in [5, 5.41) is 29.4. The predicted octanol–water partition coefficient (Wildman–Crippen LogP) is 1.05. The number of carbonyl (C=O) groups is 1. The third-order valence-corrected chi connectivity index (χ3v) is 3.68. The van der Waals surface area contributed by atoms with Crippen LogP contribution in [0.25, 0.3) is 16.6 Å². The fraction of sp³-hybridized carbons (Fsp3) is 0. The molecule has 2 aromatic carbocycles. The Morgan fingerprint density at radius 1 is 1.00 bits per heavy atom. The lowest BCUT2D eigenvalue weighted by Gasteiger charge is -2.07. The van der Waals surface area contributed by atoms with Crippen molar-refractivity contribution in [1.29, 1.82) is 0 Å². The van der Waals surface area contributed by atoms with Crippen LogP contribution in [0.1, 0.15) is 16.2 Å². The predicted molar refractivity (Wildman–Crippen MR) is 75.8 cm³/mol. The molecule has 0 bridgehead atoms. The molecule has 0 radical (unpaired) electrons. The van der Waals surface area contributed by atoms with Gasteiger partial charge in [0, 0.05) is 6.07 Å². The molecular formula is C15H8N2O5. The van der Waals surface area contributed by atoms with Gasteiger partial charge in [-0.1, -0.05) is 12.1 Å². The van der Waals surface area contributed by atoms with Crippen molar-refractivity contribution in [3.63, 3.8) is 0 Å². The van der Waals surface area contributed by atoms with Crippen molar-refractivity contribution in [2.24, 2.45) is 0 Å². The lowest BCUT2D eigenvalue weighted by Crippen LogP contribution is -2.21. The zero-order valence-corrected chi connectivity index (χ0v) is 10.9. The molecule has 7 heteroatoms.